The van der Waals surface area contributed by atoms with Crippen molar-refractivity contribution >= 4 is 5.91 Å². The molecule has 0 aromatic heterocycles. The Morgan fingerprint density at radius 3 is 2.55 bits per heavy atom. The molecule has 0 saturated heterocycles. The first-order chi connectivity index (χ1) is 10.5. The molecule has 22 heavy (non-hydrogen) atoms. The fourth-order valence-electron chi connectivity index (χ4n) is 1.84. The maximum atomic E-state index is 12.0. The number of carbonyl (C=O) groups excluding carboxylic acids is 1. The topological polar surface area (TPSA) is 56.8 Å². The van der Waals surface area contributed by atoms with Crippen LogP contribution in [0.5, 0.6) is 11.5 Å². The van der Waals surface area contributed by atoms with E-state index in [1.165, 1.54) is 0 Å². The molecule has 1 rings (SSSR count). The zero-order chi connectivity index (χ0) is 16.5. The number of benzene rings is 1. The third-order valence-corrected chi connectivity index (χ3v) is 3.04. The number of rotatable bonds is 9. The lowest BCUT2D eigenvalue weighted by atomic mass is 10.2. The standard InChI is InChI=1S/C17H27NO4/c1-6-21-15-8-7-14(9-16(15)20-5)10-18-17(19)13(4)22-11-12(2)3/h7-9,12-13H,6,10-11H2,1-5H3,(H,18,19). The van der Waals surface area contributed by atoms with Gasteiger partial charge in [0.25, 0.3) is 0 Å². The van der Waals surface area contributed by atoms with Crippen molar-refractivity contribution < 1.29 is 19.0 Å². The van der Waals surface area contributed by atoms with Crippen molar-refractivity contribution in [3.8, 4) is 11.5 Å². The van der Waals surface area contributed by atoms with Crippen LogP contribution in [-0.2, 0) is 16.1 Å². The largest absolute Gasteiger partial charge is 0.493 e. The molecule has 0 spiro atoms. The van der Waals surface area contributed by atoms with E-state index in [9.17, 15) is 4.79 Å². The van der Waals surface area contributed by atoms with E-state index in [0.29, 0.717) is 37.2 Å². The van der Waals surface area contributed by atoms with Gasteiger partial charge >= 0.3 is 0 Å². The minimum atomic E-state index is -0.452. The maximum absolute atomic E-state index is 12.0. The van der Waals surface area contributed by atoms with Crippen LogP contribution < -0.4 is 14.8 Å². The summed E-state index contributed by atoms with van der Waals surface area (Å²) in [6.07, 6.45) is -0.452. The summed E-state index contributed by atoms with van der Waals surface area (Å²) in [5.41, 5.74) is 0.949. The van der Waals surface area contributed by atoms with E-state index in [4.69, 9.17) is 14.2 Å². The van der Waals surface area contributed by atoms with Crippen molar-refractivity contribution in [3.63, 3.8) is 0 Å². The second kappa shape index (κ2) is 9.30. The molecule has 1 atom stereocenters. The Morgan fingerprint density at radius 2 is 1.95 bits per heavy atom. The van der Waals surface area contributed by atoms with Crippen LogP contribution in [0.3, 0.4) is 0 Å². The second-order valence-corrected chi connectivity index (χ2v) is 5.51. The maximum Gasteiger partial charge on any atom is 0.249 e. The zero-order valence-corrected chi connectivity index (χ0v) is 14.1. The lowest BCUT2D eigenvalue weighted by molar-refractivity contribution is -0.132. The van der Waals surface area contributed by atoms with Gasteiger partial charge in [-0.3, -0.25) is 4.79 Å². The van der Waals surface area contributed by atoms with Crippen LogP contribution in [0.25, 0.3) is 0 Å². The molecule has 5 nitrogen and oxygen atoms in total. The molecule has 5 heteroatoms. The van der Waals surface area contributed by atoms with Gasteiger partial charge in [-0.25, -0.2) is 0 Å². The van der Waals surface area contributed by atoms with Crippen molar-refractivity contribution in [3.05, 3.63) is 23.8 Å². The van der Waals surface area contributed by atoms with Gasteiger partial charge in [-0.05, 0) is 37.5 Å². The van der Waals surface area contributed by atoms with Gasteiger partial charge in [-0.1, -0.05) is 19.9 Å². The number of nitrogens with one attached hydrogen (secondary N) is 1. The van der Waals surface area contributed by atoms with Gasteiger partial charge in [0.1, 0.15) is 6.10 Å². The Balaban J connectivity index is 2.55. The van der Waals surface area contributed by atoms with E-state index in [1.54, 1.807) is 14.0 Å². The Hall–Kier alpha value is -1.75. The highest BCUT2D eigenvalue weighted by molar-refractivity contribution is 5.80. The SMILES string of the molecule is CCOc1ccc(CNC(=O)C(C)OCC(C)C)cc1OC. The summed E-state index contributed by atoms with van der Waals surface area (Å²) in [4.78, 5) is 12.0. The second-order valence-electron chi connectivity index (χ2n) is 5.51. The van der Waals surface area contributed by atoms with Gasteiger partial charge < -0.3 is 19.5 Å². The Labute approximate surface area is 132 Å². The lowest BCUT2D eigenvalue weighted by Gasteiger charge is -2.15. The number of hydrogen-bond acceptors (Lipinski definition) is 4. The minimum absolute atomic E-state index is 0.117. The predicted molar refractivity (Wildman–Crippen MR) is 86.3 cm³/mol. The van der Waals surface area contributed by atoms with Crippen molar-refractivity contribution in [2.45, 2.75) is 40.3 Å². The Bertz CT molecular complexity index is 474. The molecule has 1 unspecified atom stereocenters. The quantitative estimate of drug-likeness (QED) is 0.762. The van der Waals surface area contributed by atoms with Crippen LogP contribution in [0.4, 0.5) is 0 Å². The molecule has 0 bridgehead atoms. The highest BCUT2D eigenvalue weighted by Crippen LogP contribution is 2.27. The van der Waals surface area contributed by atoms with Gasteiger partial charge in [0.15, 0.2) is 11.5 Å². The Kier molecular flexibility index (Phi) is 7.74. The van der Waals surface area contributed by atoms with Crippen molar-refractivity contribution in [2.75, 3.05) is 20.3 Å². The molecule has 124 valence electrons. The Morgan fingerprint density at radius 1 is 1.23 bits per heavy atom. The fraction of sp³-hybridized carbons (Fsp3) is 0.588. The van der Waals surface area contributed by atoms with Crippen LogP contribution in [-0.4, -0.2) is 32.3 Å². The number of methoxy groups -OCH3 is 1. The molecule has 1 aromatic carbocycles. The average Bonchev–Trinajstić information content (AvgIpc) is 2.51. The number of amides is 1. The summed E-state index contributed by atoms with van der Waals surface area (Å²) in [5, 5.41) is 2.86. The third-order valence-electron chi connectivity index (χ3n) is 3.04. The average molecular weight is 309 g/mol. The number of ether oxygens (including phenoxy) is 3. The molecule has 1 aromatic rings. The molecule has 0 radical (unpaired) electrons. The van der Waals surface area contributed by atoms with E-state index in [2.05, 4.69) is 19.2 Å². The van der Waals surface area contributed by atoms with E-state index < -0.39 is 6.10 Å². The van der Waals surface area contributed by atoms with Gasteiger partial charge in [0.2, 0.25) is 5.91 Å². The lowest BCUT2D eigenvalue weighted by Crippen LogP contribution is -2.34. The van der Waals surface area contributed by atoms with E-state index in [1.807, 2.05) is 25.1 Å². The first-order valence-electron chi connectivity index (χ1n) is 7.66. The first-order valence-corrected chi connectivity index (χ1v) is 7.66. The molecule has 0 heterocycles. The molecular weight excluding hydrogens is 282 g/mol. The number of carbonyl (C=O) groups is 1. The van der Waals surface area contributed by atoms with Crippen molar-refractivity contribution in [1.82, 2.24) is 5.32 Å². The molecule has 1 amide bonds. The molecule has 0 saturated carbocycles. The fourth-order valence-corrected chi connectivity index (χ4v) is 1.84. The third kappa shape index (κ3) is 5.93. The zero-order valence-electron chi connectivity index (χ0n) is 14.1. The molecule has 0 aliphatic heterocycles. The van der Waals surface area contributed by atoms with Crippen LogP contribution in [0.2, 0.25) is 0 Å². The van der Waals surface area contributed by atoms with Crippen LogP contribution in [0, 0.1) is 5.92 Å². The van der Waals surface area contributed by atoms with Gasteiger partial charge in [0, 0.05) is 13.2 Å². The molecule has 0 aliphatic rings. The highest BCUT2D eigenvalue weighted by Gasteiger charge is 2.14. The normalized spacial score (nSPS) is 12.1. The van der Waals surface area contributed by atoms with Gasteiger partial charge in [0.05, 0.1) is 13.7 Å². The molecule has 0 aliphatic carbocycles. The summed E-state index contributed by atoms with van der Waals surface area (Å²) >= 11 is 0. The summed E-state index contributed by atoms with van der Waals surface area (Å²) in [5.74, 6) is 1.66. The van der Waals surface area contributed by atoms with Gasteiger partial charge in [-0.2, -0.15) is 0 Å². The smallest absolute Gasteiger partial charge is 0.249 e. The minimum Gasteiger partial charge on any atom is -0.493 e. The summed E-state index contributed by atoms with van der Waals surface area (Å²) in [6, 6.07) is 5.63. The first kappa shape index (κ1) is 18.3. The van der Waals surface area contributed by atoms with Crippen LogP contribution >= 0.6 is 0 Å². The van der Waals surface area contributed by atoms with E-state index >= 15 is 0 Å². The monoisotopic (exact) mass is 309 g/mol. The summed E-state index contributed by atoms with van der Waals surface area (Å²) < 4.78 is 16.3. The van der Waals surface area contributed by atoms with E-state index in [0.717, 1.165) is 5.56 Å². The molecular formula is C17H27NO4. The van der Waals surface area contributed by atoms with Crippen LogP contribution in [0.15, 0.2) is 18.2 Å². The van der Waals surface area contributed by atoms with Crippen LogP contribution in [0.1, 0.15) is 33.3 Å². The van der Waals surface area contributed by atoms with Gasteiger partial charge in [-0.15, -0.1) is 0 Å². The summed E-state index contributed by atoms with van der Waals surface area (Å²) in [7, 11) is 1.60. The predicted octanol–water partition coefficient (Wildman–Crippen LogP) is 2.77. The van der Waals surface area contributed by atoms with Crippen molar-refractivity contribution in [1.29, 1.82) is 0 Å². The van der Waals surface area contributed by atoms with E-state index in [-0.39, 0.29) is 5.91 Å². The van der Waals surface area contributed by atoms with Crippen molar-refractivity contribution in [2.24, 2.45) is 5.92 Å². The number of hydrogen-bond donors (Lipinski definition) is 1. The highest BCUT2D eigenvalue weighted by atomic mass is 16.5. The molecule has 0 fully saturated rings. The summed E-state index contributed by atoms with van der Waals surface area (Å²) in [6.45, 7) is 9.37. The molecule has 1 N–H and O–H groups in total.